The quantitative estimate of drug-likeness (QED) is 0.927. The number of hydrogen-bond donors (Lipinski definition) is 1. The van der Waals surface area contributed by atoms with Gasteiger partial charge in [-0.1, -0.05) is 0 Å². The Morgan fingerprint density at radius 1 is 1.14 bits per heavy atom. The summed E-state index contributed by atoms with van der Waals surface area (Å²) in [6.45, 7) is 10.3. The third-order valence-electron chi connectivity index (χ3n) is 3.95. The molecule has 0 amide bonds. The van der Waals surface area contributed by atoms with Gasteiger partial charge in [0.25, 0.3) is 0 Å². The fourth-order valence-electron chi connectivity index (χ4n) is 3.22. The molecule has 116 valence electrons. The van der Waals surface area contributed by atoms with Crippen LogP contribution in [0.5, 0.6) is 0 Å². The summed E-state index contributed by atoms with van der Waals surface area (Å²) in [6.07, 6.45) is 2.43. The largest absolute Gasteiger partial charge is 0.373 e. The Balaban J connectivity index is 1.93. The van der Waals surface area contributed by atoms with Gasteiger partial charge in [-0.2, -0.15) is 0 Å². The van der Waals surface area contributed by atoms with Crippen LogP contribution in [-0.2, 0) is 4.74 Å². The molecule has 5 heteroatoms. The molecular weight excluding hydrogens is 264 g/mol. The molecule has 0 spiro atoms. The van der Waals surface area contributed by atoms with E-state index >= 15 is 0 Å². The molecule has 0 unspecified atom stereocenters. The average molecular weight is 290 g/mol. The van der Waals surface area contributed by atoms with E-state index in [4.69, 9.17) is 9.72 Å². The lowest BCUT2D eigenvalue weighted by Gasteiger charge is -2.47. The topological polar surface area (TPSA) is 50.3 Å². The molecule has 0 radical (unpaired) electrons. The number of nitrogens with zero attached hydrogens (tertiary/aromatic N) is 3. The number of morpholine rings is 1. The number of nitrogens with one attached hydrogen (secondary N) is 1. The Bertz CT molecular complexity index is 521. The van der Waals surface area contributed by atoms with Crippen LogP contribution in [0, 0.1) is 0 Å². The van der Waals surface area contributed by atoms with E-state index in [9.17, 15) is 0 Å². The van der Waals surface area contributed by atoms with Gasteiger partial charge < -0.3 is 15.0 Å². The molecule has 0 aromatic carbocycles. The zero-order chi connectivity index (χ0) is 15.3. The van der Waals surface area contributed by atoms with Crippen molar-refractivity contribution in [3.05, 3.63) is 11.9 Å². The number of ether oxygens (including phenoxy) is 1. The smallest absolute Gasteiger partial charge is 0.136 e. The van der Waals surface area contributed by atoms with Crippen LogP contribution in [0.2, 0.25) is 0 Å². The minimum atomic E-state index is -0.174. The Morgan fingerprint density at radius 3 is 2.29 bits per heavy atom. The second-order valence-electron chi connectivity index (χ2n) is 7.47. The molecule has 1 aromatic rings. The molecule has 1 N–H and O–H groups in total. The van der Waals surface area contributed by atoms with E-state index in [1.807, 2.05) is 13.1 Å². The molecule has 5 nitrogen and oxygen atoms in total. The molecule has 0 atom stereocenters. The van der Waals surface area contributed by atoms with Crippen LogP contribution in [0.3, 0.4) is 0 Å². The summed E-state index contributed by atoms with van der Waals surface area (Å²) in [5, 5.41) is 3.16. The maximum atomic E-state index is 6.16. The van der Waals surface area contributed by atoms with Crippen LogP contribution in [-0.4, -0.2) is 41.3 Å². The zero-order valence-electron chi connectivity index (χ0n) is 13.7. The second kappa shape index (κ2) is 4.83. The SMILES string of the molecule is CNc1cc(N2CC(C)(C)OC(C)(C)C2)nc(C2CC2)n1. The van der Waals surface area contributed by atoms with Crippen molar-refractivity contribution in [1.29, 1.82) is 0 Å². The highest BCUT2D eigenvalue weighted by molar-refractivity contribution is 5.50. The molecule has 1 aliphatic carbocycles. The first-order valence-corrected chi connectivity index (χ1v) is 7.80. The lowest BCUT2D eigenvalue weighted by Crippen LogP contribution is -2.57. The highest BCUT2D eigenvalue weighted by Gasteiger charge is 2.39. The molecule has 0 bridgehead atoms. The normalized spacial score (nSPS) is 24.0. The Morgan fingerprint density at radius 2 is 1.76 bits per heavy atom. The van der Waals surface area contributed by atoms with Gasteiger partial charge >= 0.3 is 0 Å². The summed E-state index contributed by atoms with van der Waals surface area (Å²) < 4.78 is 6.16. The average Bonchev–Trinajstić information content (AvgIpc) is 3.18. The van der Waals surface area contributed by atoms with E-state index in [2.05, 4.69) is 42.9 Å². The lowest BCUT2D eigenvalue weighted by molar-refractivity contribution is -0.133. The van der Waals surface area contributed by atoms with Gasteiger partial charge in [0.15, 0.2) is 0 Å². The highest BCUT2D eigenvalue weighted by Crippen LogP contribution is 2.39. The Hall–Kier alpha value is -1.36. The molecule has 1 aromatic heterocycles. The minimum Gasteiger partial charge on any atom is -0.373 e. The molecular formula is C16H26N4O. The van der Waals surface area contributed by atoms with Crippen LogP contribution < -0.4 is 10.2 Å². The Labute approximate surface area is 127 Å². The van der Waals surface area contributed by atoms with E-state index in [0.717, 1.165) is 30.5 Å². The van der Waals surface area contributed by atoms with E-state index in [0.29, 0.717) is 5.92 Å². The summed E-state index contributed by atoms with van der Waals surface area (Å²) in [7, 11) is 1.91. The minimum absolute atomic E-state index is 0.174. The lowest BCUT2D eigenvalue weighted by atomic mass is 9.99. The molecule has 3 rings (SSSR count). The van der Waals surface area contributed by atoms with Gasteiger partial charge in [-0.15, -0.1) is 0 Å². The number of hydrogen-bond acceptors (Lipinski definition) is 5. The first kappa shape index (κ1) is 14.6. The summed E-state index contributed by atoms with van der Waals surface area (Å²) in [4.78, 5) is 11.7. The standard InChI is InChI=1S/C16H26N4O/c1-15(2)9-20(10-16(3,4)21-15)13-8-12(17-5)18-14(19-13)11-6-7-11/h8,11H,6-7,9-10H2,1-5H3,(H,17,18,19). The molecule has 2 aliphatic rings. The van der Waals surface area contributed by atoms with Crippen molar-refractivity contribution < 1.29 is 4.74 Å². The molecule has 21 heavy (non-hydrogen) atoms. The molecule has 1 aliphatic heterocycles. The number of aromatic nitrogens is 2. The molecule has 2 fully saturated rings. The van der Waals surface area contributed by atoms with Crippen molar-refractivity contribution in [1.82, 2.24) is 9.97 Å². The molecule has 1 saturated carbocycles. The van der Waals surface area contributed by atoms with E-state index < -0.39 is 0 Å². The van der Waals surface area contributed by atoms with Gasteiger partial charge in [-0.25, -0.2) is 9.97 Å². The predicted molar refractivity (Wildman–Crippen MR) is 85.0 cm³/mol. The number of rotatable bonds is 3. The number of anilines is 2. The van der Waals surface area contributed by atoms with Gasteiger partial charge in [0.05, 0.1) is 11.2 Å². The first-order valence-electron chi connectivity index (χ1n) is 7.80. The van der Waals surface area contributed by atoms with Crippen molar-refractivity contribution in [2.24, 2.45) is 0 Å². The molecule has 1 saturated heterocycles. The summed E-state index contributed by atoms with van der Waals surface area (Å²) in [6, 6.07) is 2.04. The van der Waals surface area contributed by atoms with Crippen molar-refractivity contribution >= 4 is 11.6 Å². The van der Waals surface area contributed by atoms with E-state index in [-0.39, 0.29) is 11.2 Å². The third-order valence-corrected chi connectivity index (χ3v) is 3.95. The van der Waals surface area contributed by atoms with Crippen LogP contribution in [0.25, 0.3) is 0 Å². The summed E-state index contributed by atoms with van der Waals surface area (Å²) in [5.74, 6) is 3.46. The molecule has 2 heterocycles. The van der Waals surface area contributed by atoms with E-state index in [1.54, 1.807) is 0 Å². The van der Waals surface area contributed by atoms with E-state index in [1.165, 1.54) is 12.8 Å². The van der Waals surface area contributed by atoms with Gasteiger partial charge in [0.1, 0.15) is 17.5 Å². The van der Waals surface area contributed by atoms with Gasteiger partial charge in [-0.05, 0) is 40.5 Å². The maximum Gasteiger partial charge on any atom is 0.136 e. The predicted octanol–water partition coefficient (Wildman–Crippen LogP) is 2.79. The fraction of sp³-hybridized carbons (Fsp3) is 0.750. The van der Waals surface area contributed by atoms with Crippen LogP contribution >= 0.6 is 0 Å². The van der Waals surface area contributed by atoms with Crippen LogP contribution in [0.1, 0.15) is 52.3 Å². The van der Waals surface area contributed by atoms with Crippen molar-refractivity contribution in [3.63, 3.8) is 0 Å². The fourth-order valence-corrected chi connectivity index (χ4v) is 3.22. The first-order chi connectivity index (χ1) is 9.78. The van der Waals surface area contributed by atoms with Gasteiger partial charge in [-0.3, -0.25) is 0 Å². The van der Waals surface area contributed by atoms with Crippen molar-refractivity contribution in [2.45, 2.75) is 57.7 Å². The van der Waals surface area contributed by atoms with Crippen LogP contribution in [0.4, 0.5) is 11.6 Å². The van der Waals surface area contributed by atoms with Crippen molar-refractivity contribution in [2.75, 3.05) is 30.4 Å². The van der Waals surface area contributed by atoms with Crippen LogP contribution in [0.15, 0.2) is 6.07 Å². The third kappa shape index (κ3) is 3.28. The maximum absolute atomic E-state index is 6.16. The van der Waals surface area contributed by atoms with Gasteiger partial charge in [0, 0.05) is 32.1 Å². The summed E-state index contributed by atoms with van der Waals surface area (Å²) >= 11 is 0. The Kier molecular flexibility index (Phi) is 3.35. The summed E-state index contributed by atoms with van der Waals surface area (Å²) in [5.41, 5.74) is -0.349. The highest BCUT2D eigenvalue weighted by atomic mass is 16.5. The zero-order valence-corrected chi connectivity index (χ0v) is 13.7. The van der Waals surface area contributed by atoms with Gasteiger partial charge in [0.2, 0.25) is 0 Å². The van der Waals surface area contributed by atoms with Crippen molar-refractivity contribution in [3.8, 4) is 0 Å². The second-order valence-corrected chi connectivity index (χ2v) is 7.47. The monoisotopic (exact) mass is 290 g/mol.